The molecule has 5 heteroatoms. The van der Waals surface area contributed by atoms with E-state index in [2.05, 4.69) is 0 Å². The van der Waals surface area contributed by atoms with Gasteiger partial charge in [-0.05, 0) is 11.8 Å². The van der Waals surface area contributed by atoms with E-state index >= 15 is 0 Å². The molecule has 0 spiro atoms. The van der Waals surface area contributed by atoms with E-state index in [-0.39, 0.29) is 36.0 Å². The second-order valence-corrected chi connectivity index (χ2v) is 5.70. The largest absolute Gasteiger partial charge is 0.456 e. The first-order valence-electron chi connectivity index (χ1n) is 6.74. The zero-order valence-corrected chi connectivity index (χ0v) is 12.5. The Morgan fingerprint density at radius 2 is 1.16 bits per heavy atom. The lowest BCUT2D eigenvalue weighted by Gasteiger charge is -2.25. The Labute approximate surface area is 114 Å². The summed E-state index contributed by atoms with van der Waals surface area (Å²) in [5.41, 5.74) is 0. The summed E-state index contributed by atoms with van der Waals surface area (Å²) in [6.07, 6.45) is -1.57. The summed E-state index contributed by atoms with van der Waals surface area (Å²) in [5.74, 6) is -0.432. The third-order valence-corrected chi connectivity index (χ3v) is 3.20. The minimum atomic E-state index is -0.534. The third-order valence-electron chi connectivity index (χ3n) is 3.20. The van der Waals surface area contributed by atoms with Gasteiger partial charge in [0, 0.05) is 13.8 Å². The van der Waals surface area contributed by atoms with Crippen molar-refractivity contribution in [3.05, 3.63) is 0 Å². The number of esters is 2. The average Bonchev–Trinajstić information content (AvgIpc) is 2.56. The van der Waals surface area contributed by atoms with Crippen LogP contribution in [0, 0.1) is 11.8 Å². The van der Waals surface area contributed by atoms with Crippen molar-refractivity contribution in [2.24, 2.45) is 11.8 Å². The van der Waals surface area contributed by atoms with Crippen LogP contribution in [0.4, 0.5) is 0 Å². The fraction of sp³-hybridized carbons (Fsp3) is 0.857. The van der Waals surface area contributed by atoms with Crippen LogP contribution in [0.2, 0.25) is 0 Å². The van der Waals surface area contributed by atoms with E-state index in [9.17, 15) is 9.59 Å². The molecule has 110 valence electrons. The third kappa shape index (κ3) is 3.93. The van der Waals surface area contributed by atoms with E-state index in [1.165, 1.54) is 13.8 Å². The monoisotopic (exact) mass is 272 g/mol. The van der Waals surface area contributed by atoms with Crippen molar-refractivity contribution >= 4 is 11.9 Å². The molecule has 0 aromatic rings. The smallest absolute Gasteiger partial charge is 0.303 e. The molecule has 4 atom stereocenters. The van der Waals surface area contributed by atoms with Gasteiger partial charge in [-0.3, -0.25) is 9.59 Å². The van der Waals surface area contributed by atoms with E-state index in [4.69, 9.17) is 14.2 Å². The second kappa shape index (κ2) is 6.37. The molecule has 0 bridgehead atoms. The van der Waals surface area contributed by atoms with Crippen molar-refractivity contribution < 1.29 is 23.8 Å². The molecule has 1 rings (SSSR count). The Morgan fingerprint density at radius 3 is 1.37 bits per heavy atom. The molecule has 0 unspecified atom stereocenters. The highest BCUT2D eigenvalue weighted by Gasteiger charge is 2.50. The topological polar surface area (TPSA) is 61.8 Å². The predicted molar refractivity (Wildman–Crippen MR) is 69.4 cm³/mol. The van der Waals surface area contributed by atoms with Gasteiger partial charge in [-0.2, -0.15) is 0 Å². The molecule has 0 amide bonds. The highest BCUT2D eigenvalue weighted by Crippen LogP contribution is 2.34. The van der Waals surface area contributed by atoms with Crippen LogP contribution < -0.4 is 0 Å². The zero-order chi connectivity index (χ0) is 14.7. The van der Waals surface area contributed by atoms with Gasteiger partial charge in [-0.15, -0.1) is 0 Å². The number of rotatable bonds is 4. The van der Waals surface area contributed by atoms with Crippen LogP contribution >= 0.6 is 0 Å². The molecule has 0 aliphatic carbocycles. The van der Waals surface area contributed by atoms with Crippen molar-refractivity contribution in [3.63, 3.8) is 0 Å². The molecule has 1 saturated heterocycles. The standard InChI is InChI=1S/C14H24O5/c1-7(2)11-13(17-9(5)15)14(18-10(6)16)12(19-11)8(3)4/h7-8,11-14H,1-6H3/t11-,12+,13+,14-. The molecule has 5 nitrogen and oxygen atoms in total. The summed E-state index contributed by atoms with van der Waals surface area (Å²) in [5, 5.41) is 0. The van der Waals surface area contributed by atoms with E-state index in [0.717, 1.165) is 0 Å². The lowest BCUT2D eigenvalue weighted by molar-refractivity contribution is -0.165. The van der Waals surface area contributed by atoms with E-state index in [1.807, 2.05) is 27.7 Å². The number of hydrogen-bond acceptors (Lipinski definition) is 5. The summed E-state index contributed by atoms with van der Waals surface area (Å²) >= 11 is 0. The lowest BCUT2D eigenvalue weighted by Crippen LogP contribution is -2.42. The first-order valence-corrected chi connectivity index (χ1v) is 6.74. The van der Waals surface area contributed by atoms with Crippen molar-refractivity contribution in [1.82, 2.24) is 0 Å². The van der Waals surface area contributed by atoms with Crippen molar-refractivity contribution in [2.45, 2.75) is 66.0 Å². The Hall–Kier alpha value is -1.10. The normalized spacial score (nSPS) is 30.7. The zero-order valence-electron chi connectivity index (χ0n) is 12.5. The summed E-state index contributed by atoms with van der Waals surface area (Å²) in [4.78, 5) is 22.5. The minimum absolute atomic E-state index is 0.172. The summed E-state index contributed by atoms with van der Waals surface area (Å²) < 4.78 is 16.6. The molecule has 1 aliphatic heterocycles. The van der Waals surface area contributed by atoms with Crippen molar-refractivity contribution in [2.75, 3.05) is 0 Å². The molecular formula is C14H24O5. The van der Waals surface area contributed by atoms with Crippen LogP contribution in [0.3, 0.4) is 0 Å². The number of hydrogen-bond donors (Lipinski definition) is 0. The molecule has 0 radical (unpaired) electrons. The number of carbonyl (C=O) groups excluding carboxylic acids is 2. The lowest BCUT2D eigenvalue weighted by atomic mass is 9.95. The minimum Gasteiger partial charge on any atom is -0.456 e. The molecule has 1 heterocycles. The van der Waals surface area contributed by atoms with E-state index < -0.39 is 12.2 Å². The van der Waals surface area contributed by atoms with Gasteiger partial charge in [0.15, 0.2) is 12.2 Å². The highest BCUT2D eigenvalue weighted by molar-refractivity contribution is 5.67. The molecule has 0 aromatic heterocycles. The molecule has 0 aromatic carbocycles. The highest BCUT2D eigenvalue weighted by atomic mass is 16.6. The van der Waals surface area contributed by atoms with E-state index in [1.54, 1.807) is 0 Å². The van der Waals surface area contributed by atoms with Gasteiger partial charge in [-0.25, -0.2) is 0 Å². The molecule has 1 fully saturated rings. The number of carbonyl (C=O) groups is 2. The van der Waals surface area contributed by atoms with Gasteiger partial charge >= 0.3 is 11.9 Å². The SMILES string of the molecule is CC(=O)O[C@@H]1[C@H](OC(C)=O)[C@H](C(C)C)O[C@@H]1C(C)C. The molecule has 19 heavy (non-hydrogen) atoms. The molecular weight excluding hydrogens is 248 g/mol. The van der Waals surface area contributed by atoms with Crippen LogP contribution in [-0.4, -0.2) is 36.4 Å². The van der Waals surface area contributed by atoms with Crippen LogP contribution in [0.15, 0.2) is 0 Å². The Kier molecular flexibility index (Phi) is 5.35. The molecule has 1 aliphatic rings. The van der Waals surface area contributed by atoms with Gasteiger partial charge < -0.3 is 14.2 Å². The quantitative estimate of drug-likeness (QED) is 0.732. The van der Waals surface area contributed by atoms with Crippen LogP contribution in [0.25, 0.3) is 0 Å². The second-order valence-electron chi connectivity index (χ2n) is 5.70. The van der Waals surface area contributed by atoms with Gasteiger partial charge in [0.05, 0.1) is 0 Å². The predicted octanol–water partition coefficient (Wildman–Crippen LogP) is 1.93. The maximum absolute atomic E-state index is 11.3. The van der Waals surface area contributed by atoms with Gasteiger partial charge in [0.2, 0.25) is 0 Å². The Morgan fingerprint density at radius 1 is 0.842 bits per heavy atom. The fourth-order valence-corrected chi connectivity index (χ4v) is 2.43. The number of ether oxygens (including phenoxy) is 3. The van der Waals surface area contributed by atoms with Gasteiger partial charge in [-0.1, -0.05) is 27.7 Å². The van der Waals surface area contributed by atoms with Crippen molar-refractivity contribution in [1.29, 1.82) is 0 Å². The van der Waals surface area contributed by atoms with Crippen LogP contribution in [0.1, 0.15) is 41.5 Å². The molecule has 0 N–H and O–H groups in total. The first-order chi connectivity index (χ1) is 8.73. The van der Waals surface area contributed by atoms with Crippen LogP contribution in [-0.2, 0) is 23.8 Å². The Balaban J connectivity index is 2.99. The molecule has 0 saturated carbocycles. The summed E-state index contributed by atoms with van der Waals surface area (Å²) in [7, 11) is 0. The van der Waals surface area contributed by atoms with Gasteiger partial charge in [0.1, 0.15) is 12.2 Å². The summed E-state index contributed by atoms with van der Waals surface area (Å²) in [6, 6.07) is 0. The van der Waals surface area contributed by atoms with Crippen LogP contribution in [0.5, 0.6) is 0 Å². The summed E-state index contributed by atoms with van der Waals surface area (Å²) in [6.45, 7) is 10.7. The maximum atomic E-state index is 11.3. The van der Waals surface area contributed by atoms with E-state index in [0.29, 0.717) is 0 Å². The maximum Gasteiger partial charge on any atom is 0.303 e. The van der Waals surface area contributed by atoms with Gasteiger partial charge in [0.25, 0.3) is 0 Å². The fourth-order valence-electron chi connectivity index (χ4n) is 2.43. The van der Waals surface area contributed by atoms with Crippen molar-refractivity contribution in [3.8, 4) is 0 Å². The first kappa shape index (κ1) is 16.0. The Bertz CT molecular complexity index is 305. The average molecular weight is 272 g/mol.